The number of benzene rings is 2. The average molecular weight is 387 g/mol. The Bertz CT molecular complexity index is 983. The predicted molar refractivity (Wildman–Crippen MR) is 104 cm³/mol. The molecule has 0 aliphatic rings. The summed E-state index contributed by atoms with van der Waals surface area (Å²) in [5.41, 5.74) is 3.76. The first-order valence-electron chi connectivity index (χ1n) is 7.87. The Labute approximate surface area is 158 Å². The lowest BCUT2D eigenvalue weighted by molar-refractivity contribution is -0.136. The van der Waals surface area contributed by atoms with Gasteiger partial charge in [-0.1, -0.05) is 60.1 Å². The van der Waals surface area contributed by atoms with Gasteiger partial charge in [-0.15, -0.1) is 11.3 Å². The van der Waals surface area contributed by atoms with E-state index in [1.54, 1.807) is 0 Å². The summed E-state index contributed by atoms with van der Waals surface area (Å²) in [4.78, 5) is 23.8. The maximum absolute atomic E-state index is 12.5. The van der Waals surface area contributed by atoms with Gasteiger partial charge < -0.3 is 5.11 Å². The van der Waals surface area contributed by atoms with Gasteiger partial charge in [0.25, 0.3) is 5.91 Å². The Morgan fingerprint density at radius 3 is 2.42 bits per heavy atom. The molecule has 0 fully saturated rings. The summed E-state index contributed by atoms with van der Waals surface area (Å²) in [5, 5.41) is 14.3. The molecule has 0 saturated heterocycles. The molecule has 5 nitrogen and oxygen atoms in total. The van der Waals surface area contributed by atoms with Crippen LogP contribution in [0.15, 0.2) is 59.7 Å². The molecule has 3 rings (SSSR count). The maximum Gasteiger partial charge on any atom is 0.303 e. The van der Waals surface area contributed by atoms with Gasteiger partial charge in [0.05, 0.1) is 17.2 Å². The molecule has 0 unspecified atom stereocenters. The molecule has 2 aromatic carbocycles. The van der Waals surface area contributed by atoms with Gasteiger partial charge >= 0.3 is 5.97 Å². The van der Waals surface area contributed by atoms with Gasteiger partial charge in [0.1, 0.15) is 4.88 Å². The van der Waals surface area contributed by atoms with Crippen LogP contribution in [0.5, 0.6) is 0 Å². The molecular weight excluding hydrogens is 372 g/mol. The van der Waals surface area contributed by atoms with Gasteiger partial charge in [-0.05, 0) is 11.6 Å². The molecule has 0 spiro atoms. The summed E-state index contributed by atoms with van der Waals surface area (Å²) in [5.74, 6) is -1.34. The predicted octanol–water partition coefficient (Wildman–Crippen LogP) is 4.55. The molecule has 2 N–H and O–H groups in total. The normalized spacial score (nSPS) is 11.5. The number of rotatable bonds is 6. The Morgan fingerprint density at radius 2 is 1.73 bits per heavy atom. The second-order valence-corrected chi connectivity index (χ2v) is 6.93. The smallest absolute Gasteiger partial charge is 0.303 e. The zero-order valence-electron chi connectivity index (χ0n) is 13.6. The monoisotopic (exact) mass is 386 g/mol. The number of hydrazone groups is 1. The number of fused-ring (bicyclic) bond motifs is 1. The van der Waals surface area contributed by atoms with Crippen LogP contribution in [-0.2, 0) is 4.79 Å². The van der Waals surface area contributed by atoms with Gasteiger partial charge in [0.15, 0.2) is 0 Å². The Kier molecular flexibility index (Phi) is 5.65. The number of thiophene rings is 1. The first-order chi connectivity index (χ1) is 12.6. The Balaban J connectivity index is 1.84. The highest BCUT2D eigenvalue weighted by atomic mass is 35.5. The molecule has 0 radical (unpaired) electrons. The van der Waals surface area contributed by atoms with E-state index in [2.05, 4.69) is 10.5 Å². The van der Waals surface area contributed by atoms with Crippen molar-refractivity contribution in [1.82, 2.24) is 5.43 Å². The molecule has 3 aromatic rings. The minimum atomic E-state index is -0.924. The third-order valence-electron chi connectivity index (χ3n) is 3.72. The molecule has 0 atom stereocenters. The lowest BCUT2D eigenvalue weighted by atomic mass is 10.1. The van der Waals surface area contributed by atoms with E-state index in [1.165, 1.54) is 11.3 Å². The van der Waals surface area contributed by atoms with Crippen LogP contribution in [0.25, 0.3) is 10.1 Å². The van der Waals surface area contributed by atoms with Crippen LogP contribution in [0.4, 0.5) is 0 Å². The van der Waals surface area contributed by atoms with Crippen molar-refractivity contribution in [3.8, 4) is 0 Å². The molecule has 26 heavy (non-hydrogen) atoms. The third kappa shape index (κ3) is 4.09. The number of halogens is 1. The molecule has 1 amide bonds. The third-order valence-corrected chi connectivity index (χ3v) is 5.39. The standard InChI is InChI=1S/C19H15ClN2O3S/c20-17-13-8-4-5-9-15(13)26-18(17)19(25)22-21-14(10-11-16(23)24)12-6-2-1-3-7-12/h1-9H,10-11H2,(H,22,25)(H,23,24). The zero-order chi connectivity index (χ0) is 18.5. The van der Waals surface area contributed by atoms with Crippen molar-refractivity contribution in [3.63, 3.8) is 0 Å². The number of carbonyl (C=O) groups excluding carboxylic acids is 1. The number of aliphatic carboxylic acids is 1. The highest BCUT2D eigenvalue weighted by Gasteiger charge is 2.17. The van der Waals surface area contributed by atoms with Crippen LogP contribution in [0.1, 0.15) is 28.1 Å². The van der Waals surface area contributed by atoms with Crippen LogP contribution < -0.4 is 5.43 Å². The number of nitrogens with zero attached hydrogens (tertiary/aromatic N) is 1. The SMILES string of the molecule is O=C(O)CCC(=NNC(=O)c1sc2ccccc2c1Cl)c1ccccc1. The van der Waals surface area contributed by atoms with E-state index in [9.17, 15) is 9.59 Å². The summed E-state index contributed by atoms with van der Waals surface area (Å²) < 4.78 is 0.917. The number of carboxylic acid groups (broad SMARTS) is 1. The van der Waals surface area contributed by atoms with Gasteiger partial charge in [-0.2, -0.15) is 5.10 Å². The second kappa shape index (κ2) is 8.12. The minimum Gasteiger partial charge on any atom is -0.481 e. The molecular formula is C19H15ClN2O3S. The van der Waals surface area contributed by atoms with Crippen LogP contribution in [0.3, 0.4) is 0 Å². The number of carboxylic acids is 1. The fourth-order valence-electron chi connectivity index (χ4n) is 2.45. The maximum atomic E-state index is 12.5. The summed E-state index contributed by atoms with van der Waals surface area (Å²) in [6.45, 7) is 0. The lowest BCUT2D eigenvalue weighted by Gasteiger charge is -2.06. The van der Waals surface area contributed by atoms with Crippen LogP contribution in [-0.4, -0.2) is 22.7 Å². The summed E-state index contributed by atoms with van der Waals surface area (Å²) in [7, 11) is 0. The van der Waals surface area contributed by atoms with Crippen molar-refractivity contribution >= 4 is 50.6 Å². The molecule has 0 aliphatic heterocycles. The second-order valence-electron chi connectivity index (χ2n) is 5.50. The number of hydrogen-bond acceptors (Lipinski definition) is 4. The van der Waals surface area contributed by atoms with Gasteiger partial charge in [0.2, 0.25) is 0 Å². The van der Waals surface area contributed by atoms with E-state index >= 15 is 0 Å². The van der Waals surface area contributed by atoms with Gasteiger partial charge in [-0.3, -0.25) is 9.59 Å². The fourth-order valence-corrected chi connectivity index (χ4v) is 3.86. The van der Waals surface area contributed by atoms with E-state index in [-0.39, 0.29) is 12.8 Å². The quantitative estimate of drug-likeness (QED) is 0.481. The molecule has 7 heteroatoms. The van der Waals surface area contributed by atoms with Crippen LogP contribution >= 0.6 is 22.9 Å². The molecule has 1 heterocycles. The highest BCUT2D eigenvalue weighted by molar-refractivity contribution is 7.21. The van der Waals surface area contributed by atoms with Crippen molar-refractivity contribution < 1.29 is 14.7 Å². The number of hydrogen-bond donors (Lipinski definition) is 2. The largest absolute Gasteiger partial charge is 0.481 e. The summed E-state index contributed by atoms with van der Waals surface area (Å²) in [6, 6.07) is 16.7. The van der Waals surface area contributed by atoms with Gasteiger partial charge in [0, 0.05) is 16.5 Å². The van der Waals surface area contributed by atoms with E-state index in [1.807, 2.05) is 54.6 Å². The van der Waals surface area contributed by atoms with Crippen molar-refractivity contribution in [3.05, 3.63) is 70.1 Å². The Hall–Kier alpha value is -2.70. The van der Waals surface area contributed by atoms with Crippen molar-refractivity contribution in [2.45, 2.75) is 12.8 Å². The summed E-state index contributed by atoms with van der Waals surface area (Å²) in [6.07, 6.45) is 0.132. The van der Waals surface area contributed by atoms with Crippen molar-refractivity contribution in [2.24, 2.45) is 5.10 Å². The number of amides is 1. The first-order valence-corrected chi connectivity index (χ1v) is 9.07. The Morgan fingerprint density at radius 1 is 1.04 bits per heavy atom. The number of carbonyl (C=O) groups is 2. The van der Waals surface area contributed by atoms with E-state index in [4.69, 9.17) is 16.7 Å². The lowest BCUT2D eigenvalue weighted by Crippen LogP contribution is -2.20. The number of nitrogens with one attached hydrogen (secondary N) is 1. The average Bonchev–Trinajstić information content (AvgIpc) is 2.99. The first kappa shape index (κ1) is 18.1. The molecule has 0 saturated carbocycles. The van der Waals surface area contributed by atoms with Gasteiger partial charge in [-0.25, -0.2) is 5.43 Å². The van der Waals surface area contributed by atoms with E-state index < -0.39 is 11.9 Å². The fraction of sp³-hybridized carbons (Fsp3) is 0.105. The van der Waals surface area contributed by atoms with Crippen molar-refractivity contribution in [2.75, 3.05) is 0 Å². The molecule has 0 aliphatic carbocycles. The van der Waals surface area contributed by atoms with Crippen LogP contribution in [0, 0.1) is 0 Å². The highest BCUT2D eigenvalue weighted by Crippen LogP contribution is 2.34. The van der Waals surface area contributed by atoms with Crippen LogP contribution in [0.2, 0.25) is 5.02 Å². The van der Waals surface area contributed by atoms with Crippen molar-refractivity contribution in [1.29, 1.82) is 0 Å². The minimum absolute atomic E-state index is 0.0761. The topological polar surface area (TPSA) is 78.8 Å². The molecule has 1 aromatic heterocycles. The zero-order valence-corrected chi connectivity index (χ0v) is 15.2. The summed E-state index contributed by atoms with van der Waals surface area (Å²) >= 11 is 7.60. The molecule has 0 bridgehead atoms. The van der Waals surface area contributed by atoms with E-state index in [0.29, 0.717) is 15.6 Å². The molecule has 132 valence electrons. The van der Waals surface area contributed by atoms with E-state index in [0.717, 1.165) is 15.6 Å².